The largest absolute Gasteiger partial charge is 0.397 e. The number of nitrogens with two attached hydrogens (primary N) is 1. The normalized spacial score (nSPS) is 10.8. The highest BCUT2D eigenvalue weighted by Gasteiger charge is 2.10. The van der Waals surface area contributed by atoms with Gasteiger partial charge in [0.05, 0.1) is 29.0 Å². The maximum Gasteiger partial charge on any atom is 0.255 e. The number of carbonyl (C=O) groups is 1. The van der Waals surface area contributed by atoms with E-state index < -0.39 is 0 Å². The van der Waals surface area contributed by atoms with Gasteiger partial charge in [-0.25, -0.2) is 15.0 Å². The molecule has 2 aromatic carbocycles. The third kappa shape index (κ3) is 4.35. The maximum atomic E-state index is 12.5. The Hall–Kier alpha value is -4.72. The van der Waals surface area contributed by atoms with Gasteiger partial charge < -0.3 is 16.4 Å². The number of fused-ring (bicyclic) bond motifs is 1. The van der Waals surface area contributed by atoms with Crippen molar-refractivity contribution in [2.24, 2.45) is 0 Å². The summed E-state index contributed by atoms with van der Waals surface area (Å²) < 4.78 is 1.99. The fourth-order valence-electron chi connectivity index (χ4n) is 3.47. The smallest absolute Gasteiger partial charge is 0.255 e. The lowest BCUT2D eigenvalue weighted by Crippen LogP contribution is -2.13. The predicted octanol–water partition coefficient (Wildman–Crippen LogP) is 4.24. The number of hydrogen-bond donors (Lipinski definition) is 3. The zero-order valence-electron chi connectivity index (χ0n) is 17.6. The highest BCUT2D eigenvalue weighted by atomic mass is 16.1. The second-order valence-corrected chi connectivity index (χ2v) is 7.43. The van der Waals surface area contributed by atoms with Crippen molar-refractivity contribution in [3.63, 3.8) is 0 Å². The van der Waals surface area contributed by atoms with Gasteiger partial charge in [-0.05, 0) is 48.0 Å². The van der Waals surface area contributed by atoms with Crippen LogP contribution < -0.4 is 16.4 Å². The number of nitrogens with zero attached hydrogens (tertiary/aromatic N) is 4. The Labute approximate surface area is 190 Å². The van der Waals surface area contributed by atoms with Crippen molar-refractivity contribution in [1.29, 1.82) is 0 Å². The van der Waals surface area contributed by atoms with E-state index in [1.165, 1.54) is 0 Å². The van der Waals surface area contributed by atoms with E-state index in [9.17, 15) is 4.79 Å². The number of hydrogen-bond acceptors (Lipinski definition) is 6. The lowest BCUT2D eigenvalue weighted by atomic mass is 10.1. The van der Waals surface area contributed by atoms with E-state index in [1.54, 1.807) is 36.7 Å². The first-order valence-electron chi connectivity index (χ1n) is 10.4. The molecule has 4 N–H and O–H groups in total. The highest BCUT2D eigenvalue weighted by molar-refractivity contribution is 6.05. The van der Waals surface area contributed by atoms with Crippen molar-refractivity contribution in [3.05, 3.63) is 103 Å². The summed E-state index contributed by atoms with van der Waals surface area (Å²) in [5.74, 6) is 0.302. The highest BCUT2D eigenvalue weighted by Crippen LogP contribution is 2.20. The summed E-state index contributed by atoms with van der Waals surface area (Å²) in [6.45, 7) is 0.518. The summed E-state index contributed by atoms with van der Waals surface area (Å²) in [7, 11) is 0. The second-order valence-electron chi connectivity index (χ2n) is 7.43. The molecule has 5 rings (SSSR count). The van der Waals surface area contributed by atoms with Crippen molar-refractivity contribution >= 4 is 28.9 Å². The number of rotatable bonds is 6. The molecule has 0 atom stereocenters. The molecule has 162 valence electrons. The van der Waals surface area contributed by atoms with Gasteiger partial charge in [-0.2, -0.15) is 0 Å². The van der Waals surface area contributed by atoms with Crippen LogP contribution in [0.15, 0.2) is 91.4 Å². The quantitative estimate of drug-likeness (QED) is 0.344. The molecule has 0 saturated carbocycles. The van der Waals surface area contributed by atoms with Crippen LogP contribution in [0, 0.1) is 0 Å². The van der Waals surface area contributed by atoms with Crippen molar-refractivity contribution in [1.82, 2.24) is 19.4 Å². The minimum absolute atomic E-state index is 0.212. The summed E-state index contributed by atoms with van der Waals surface area (Å²) in [5.41, 5.74) is 11.1. The molecule has 0 unspecified atom stereocenters. The lowest BCUT2D eigenvalue weighted by Gasteiger charge is -2.09. The summed E-state index contributed by atoms with van der Waals surface area (Å²) in [5, 5.41) is 6.07. The molecule has 1 amide bonds. The van der Waals surface area contributed by atoms with Gasteiger partial charge in [0.25, 0.3) is 5.91 Å². The molecule has 3 aromatic heterocycles. The van der Waals surface area contributed by atoms with Crippen LogP contribution in [0.5, 0.6) is 0 Å². The molecule has 0 radical (unpaired) electrons. The zero-order chi connectivity index (χ0) is 22.6. The lowest BCUT2D eigenvalue weighted by molar-refractivity contribution is 0.102. The number of aromatic nitrogens is 4. The van der Waals surface area contributed by atoms with Crippen molar-refractivity contribution in [2.45, 2.75) is 6.54 Å². The van der Waals surface area contributed by atoms with Crippen LogP contribution in [0.1, 0.15) is 15.9 Å². The maximum absolute atomic E-state index is 12.5. The van der Waals surface area contributed by atoms with Crippen LogP contribution in [-0.2, 0) is 6.54 Å². The van der Waals surface area contributed by atoms with Crippen LogP contribution in [0.3, 0.4) is 0 Å². The Bertz CT molecular complexity index is 1430. The van der Waals surface area contributed by atoms with Gasteiger partial charge in [0.15, 0.2) is 0 Å². The number of para-hydroxylation sites is 2. The molecule has 0 aliphatic carbocycles. The van der Waals surface area contributed by atoms with Crippen LogP contribution in [0.2, 0.25) is 0 Å². The number of imidazole rings is 1. The first-order valence-corrected chi connectivity index (χ1v) is 10.4. The number of anilines is 3. The minimum Gasteiger partial charge on any atom is -0.397 e. The summed E-state index contributed by atoms with van der Waals surface area (Å²) in [6.07, 6.45) is 5.47. The molecule has 0 aliphatic rings. The van der Waals surface area contributed by atoms with Gasteiger partial charge in [-0.3, -0.25) is 9.20 Å². The van der Waals surface area contributed by atoms with Gasteiger partial charge in [0.1, 0.15) is 5.65 Å². The molecule has 0 saturated heterocycles. The van der Waals surface area contributed by atoms with E-state index in [2.05, 4.69) is 25.6 Å². The topological polar surface area (TPSA) is 110 Å². The Morgan fingerprint density at radius 3 is 2.61 bits per heavy atom. The molecule has 5 aromatic rings. The molecule has 3 heterocycles. The molecule has 8 heteroatoms. The van der Waals surface area contributed by atoms with E-state index in [1.807, 2.05) is 59.1 Å². The molecule has 33 heavy (non-hydrogen) atoms. The molecule has 0 bridgehead atoms. The zero-order valence-corrected chi connectivity index (χ0v) is 17.6. The number of carbonyl (C=O) groups excluding carboxylic acids is 1. The molecule has 8 nitrogen and oxygen atoms in total. The van der Waals surface area contributed by atoms with E-state index in [0.717, 1.165) is 22.6 Å². The van der Waals surface area contributed by atoms with E-state index in [4.69, 9.17) is 5.73 Å². The van der Waals surface area contributed by atoms with E-state index in [0.29, 0.717) is 29.4 Å². The fraction of sp³-hybridized carbons (Fsp3) is 0.0400. The summed E-state index contributed by atoms with van der Waals surface area (Å²) >= 11 is 0. The summed E-state index contributed by atoms with van der Waals surface area (Å²) in [4.78, 5) is 25.8. The van der Waals surface area contributed by atoms with Crippen molar-refractivity contribution in [3.8, 4) is 11.4 Å². The first kappa shape index (κ1) is 20.2. The average molecular weight is 435 g/mol. The van der Waals surface area contributed by atoms with Crippen LogP contribution in [0.4, 0.5) is 17.3 Å². The first-order chi connectivity index (χ1) is 16.2. The Kier molecular flexibility index (Phi) is 5.38. The number of pyridine rings is 1. The predicted molar refractivity (Wildman–Crippen MR) is 129 cm³/mol. The molecule has 0 aliphatic heterocycles. The second kappa shape index (κ2) is 8.80. The number of nitrogens with one attached hydrogen (secondary N) is 2. The van der Waals surface area contributed by atoms with Gasteiger partial charge in [0, 0.05) is 24.5 Å². The molecule has 0 spiro atoms. The molecular weight excluding hydrogens is 414 g/mol. The fourth-order valence-corrected chi connectivity index (χ4v) is 3.47. The molecular formula is C25H21N7O. The SMILES string of the molecule is Nc1ccccc1NC(=O)c1ccc(CNc2nccc(-c3cnc4ccccn34)n2)cc1. The van der Waals surface area contributed by atoms with Crippen LogP contribution in [-0.4, -0.2) is 25.3 Å². The van der Waals surface area contributed by atoms with E-state index in [-0.39, 0.29) is 5.91 Å². The monoisotopic (exact) mass is 435 g/mol. The van der Waals surface area contributed by atoms with Gasteiger partial charge in [0.2, 0.25) is 5.95 Å². The third-order valence-electron chi connectivity index (χ3n) is 5.21. The average Bonchev–Trinajstić information content (AvgIpc) is 3.29. The van der Waals surface area contributed by atoms with E-state index >= 15 is 0 Å². The number of benzene rings is 2. The molecule has 0 fully saturated rings. The Balaban J connectivity index is 1.25. The van der Waals surface area contributed by atoms with Gasteiger partial charge >= 0.3 is 0 Å². The van der Waals surface area contributed by atoms with Gasteiger partial charge in [-0.15, -0.1) is 0 Å². The summed E-state index contributed by atoms with van der Waals surface area (Å²) in [6, 6.07) is 22.2. The minimum atomic E-state index is -0.212. The van der Waals surface area contributed by atoms with Crippen LogP contribution >= 0.6 is 0 Å². The van der Waals surface area contributed by atoms with Gasteiger partial charge in [-0.1, -0.05) is 30.3 Å². The third-order valence-corrected chi connectivity index (χ3v) is 5.21. The number of amides is 1. The Morgan fingerprint density at radius 2 is 1.76 bits per heavy atom. The Morgan fingerprint density at radius 1 is 0.939 bits per heavy atom. The van der Waals surface area contributed by atoms with Crippen molar-refractivity contribution < 1.29 is 4.79 Å². The standard InChI is InChI=1S/C25H21N7O/c26-19-5-1-2-6-20(19)30-24(33)18-10-8-17(9-11-18)15-29-25-27-13-12-21(31-25)22-16-28-23-7-3-4-14-32(22)23/h1-14,16H,15,26H2,(H,30,33)(H,27,29,31). The van der Waals surface area contributed by atoms with Crippen molar-refractivity contribution in [2.75, 3.05) is 16.4 Å². The number of nitrogen functional groups attached to an aromatic ring is 1. The van der Waals surface area contributed by atoms with Crippen LogP contribution in [0.25, 0.3) is 17.0 Å².